The lowest BCUT2D eigenvalue weighted by Gasteiger charge is -2.10. The molecule has 24 heavy (non-hydrogen) atoms. The molecule has 0 saturated carbocycles. The SMILES string of the molecule is O=C(CC(=O)Nc1ccccc1F)Nc1cccc(C(F)(F)F)c1. The smallest absolute Gasteiger partial charge is 0.326 e. The van der Waals surface area contributed by atoms with Crippen molar-refractivity contribution in [1.29, 1.82) is 0 Å². The minimum atomic E-state index is -4.54. The van der Waals surface area contributed by atoms with Gasteiger partial charge in [-0.3, -0.25) is 9.59 Å². The summed E-state index contributed by atoms with van der Waals surface area (Å²) in [4.78, 5) is 23.4. The number of anilines is 2. The van der Waals surface area contributed by atoms with E-state index in [2.05, 4.69) is 10.6 Å². The van der Waals surface area contributed by atoms with Gasteiger partial charge in [0.15, 0.2) is 0 Å². The molecular weight excluding hydrogens is 328 g/mol. The van der Waals surface area contributed by atoms with E-state index in [4.69, 9.17) is 0 Å². The lowest BCUT2D eigenvalue weighted by Crippen LogP contribution is -2.22. The molecule has 0 fully saturated rings. The van der Waals surface area contributed by atoms with Gasteiger partial charge in [-0.2, -0.15) is 13.2 Å². The Hall–Kier alpha value is -2.90. The average molecular weight is 340 g/mol. The van der Waals surface area contributed by atoms with Crippen molar-refractivity contribution in [1.82, 2.24) is 0 Å². The Labute approximate surface area is 134 Å². The Morgan fingerprint density at radius 1 is 0.917 bits per heavy atom. The number of halogens is 4. The van der Waals surface area contributed by atoms with Gasteiger partial charge in [-0.05, 0) is 30.3 Å². The van der Waals surface area contributed by atoms with Crippen LogP contribution < -0.4 is 10.6 Å². The second-order valence-corrected chi connectivity index (χ2v) is 4.83. The lowest BCUT2D eigenvalue weighted by atomic mass is 10.2. The molecule has 4 nitrogen and oxygen atoms in total. The molecule has 0 radical (unpaired) electrons. The average Bonchev–Trinajstić information content (AvgIpc) is 2.49. The lowest BCUT2D eigenvalue weighted by molar-refractivity contribution is -0.137. The summed E-state index contributed by atoms with van der Waals surface area (Å²) in [6, 6.07) is 9.41. The van der Waals surface area contributed by atoms with Crippen LogP contribution in [0, 0.1) is 5.82 Å². The molecule has 8 heteroatoms. The highest BCUT2D eigenvalue weighted by Crippen LogP contribution is 2.30. The summed E-state index contributed by atoms with van der Waals surface area (Å²) in [5, 5.41) is 4.40. The largest absolute Gasteiger partial charge is 0.416 e. The highest BCUT2D eigenvalue weighted by Gasteiger charge is 2.30. The van der Waals surface area contributed by atoms with Gasteiger partial charge in [-0.25, -0.2) is 4.39 Å². The maximum atomic E-state index is 13.4. The summed E-state index contributed by atoms with van der Waals surface area (Å²) in [7, 11) is 0. The molecule has 0 atom stereocenters. The second kappa shape index (κ2) is 7.12. The van der Waals surface area contributed by atoms with Crippen molar-refractivity contribution < 1.29 is 27.2 Å². The van der Waals surface area contributed by atoms with Crippen LogP contribution in [0.5, 0.6) is 0 Å². The topological polar surface area (TPSA) is 58.2 Å². The van der Waals surface area contributed by atoms with Crippen LogP contribution in [0.3, 0.4) is 0 Å². The molecule has 0 bridgehead atoms. The monoisotopic (exact) mass is 340 g/mol. The standard InChI is InChI=1S/C16H12F4N2O2/c17-12-6-1-2-7-13(12)22-15(24)9-14(23)21-11-5-3-4-10(8-11)16(18,19)20/h1-8H,9H2,(H,21,23)(H,22,24). The molecule has 0 heterocycles. The van der Waals surface area contributed by atoms with Crippen molar-refractivity contribution in [2.75, 3.05) is 10.6 Å². The van der Waals surface area contributed by atoms with E-state index in [9.17, 15) is 27.2 Å². The number of carbonyl (C=O) groups excluding carboxylic acids is 2. The maximum Gasteiger partial charge on any atom is 0.416 e. The van der Waals surface area contributed by atoms with E-state index in [-0.39, 0.29) is 11.4 Å². The summed E-state index contributed by atoms with van der Waals surface area (Å²) < 4.78 is 51.1. The zero-order valence-electron chi connectivity index (χ0n) is 12.2. The van der Waals surface area contributed by atoms with Gasteiger partial charge in [0.2, 0.25) is 11.8 Å². The van der Waals surface area contributed by atoms with E-state index in [1.165, 1.54) is 24.3 Å². The van der Waals surface area contributed by atoms with Gasteiger partial charge >= 0.3 is 6.18 Å². The van der Waals surface area contributed by atoms with Crippen molar-refractivity contribution in [3.05, 3.63) is 59.9 Å². The molecule has 2 rings (SSSR count). The van der Waals surface area contributed by atoms with Gasteiger partial charge in [0, 0.05) is 5.69 Å². The highest BCUT2D eigenvalue weighted by atomic mass is 19.4. The predicted molar refractivity (Wildman–Crippen MR) is 79.7 cm³/mol. The molecule has 0 aliphatic heterocycles. The summed E-state index contributed by atoms with van der Waals surface area (Å²) in [5.74, 6) is -2.27. The fourth-order valence-corrected chi connectivity index (χ4v) is 1.88. The quantitative estimate of drug-likeness (QED) is 0.657. The third-order valence-corrected chi connectivity index (χ3v) is 2.94. The van der Waals surface area contributed by atoms with Gasteiger partial charge in [0.05, 0.1) is 11.3 Å². The first-order valence-corrected chi connectivity index (χ1v) is 6.77. The molecule has 126 valence electrons. The number of nitrogens with one attached hydrogen (secondary N) is 2. The van der Waals surface area contributed by atoms with Gasteiger partial charge in [0.25, 0.3) is 0 Å². The molecule has 0 spiro atoms. The van der Waals surface area contributed by atoms with Gasteiger partial charge < -0.3 is 10.6 Å². The number of benzene rings is 2. The van der Waals surface area contributed by atoms with Gasteiger partial charge in [-0.15, -0.1) is 0 Å². The fraction of sp³-hybridized carbons (Fsp3) is 0.125. The second-order valence-electron chi connectivity index (χ2n) is 4.83. The number of hydrogen-bond acceptors (Lipinski definition) is 2. The molecule has 2 aromatic carbocycles. The summed E-state index contributed by atoms with van der Waals surface area (Å²) in [6.07, 6.45) is -5.20. The van der Waals surface area contributed by atoms with E-state index in [0.29, 0.717) is 0 Å². The van der Waals surface area contributed by atoms with Crippen molar-refractivity contribution >= 4 is 23.2 Å². The van der Waals surface area contributed by atoms with Crippen molar-refractivity contribution in [2.45, 2.75) is 12.6 Å². The normalized spacial score (nSPS) is 11.0. The van der Waals surface area contributed by atoms with E-state index >= 15 is 0 Å². The molecule has 0 aliphatic rings. The van der Waals surface area contributed by atoms with Crippen molar-refractivity contribution in [3.8, 4) is 0 Å². The predicted octanol–water partition coefficient (Wildman–Crippen LogP) is 3.81. The third-order valence-electron chi connectivity index (χ3n) is 2.94. The van der Waals surface area contributed by atoms with Crippen LogP contribution in [0.4, 0.5) is 28.9 Å². The first kappa shape index (κ1) is 17.5. The molecule has 0 saturated heterocycles. The zero-order valence-corrected chi connectivity index (χ0v) is 12.2. The molecule has 2 amide bonds. The van der Waals surface area contributed by atoms with Crippen molar-refractivity contribution in [2.24, 2.45) is 0 Å². The summed E-state index contributed by atoms with van der Waals surface area (Å²) in [6.45, 7) is 0. The number of amides is 2. The molecule has 0 aliphatic carbocycles. The first-order chi connectivity index (χ1) is 11.3. The van der Waals surface area contributed by atoms with E-state index in [1.54, 1.807) is 0 Å². The van der Waals surface area contributed by atoms with Crippen LogP contribution in [0.1, 0.15) is 12.0 Å². The molecule has 0 unspecified atom stereocenters. The third kappa shape index (κ3) is 4.80. The number of rotatable bonds is 4. The fourth-order valence-electron chi connectivity index (χ4n) is 1.88. The summed E-state index contributed by atoms with van der Waals surface area (Å²) >= 11 is 0. The van der Waals surface area contributed by atoms with E-state index < -0.39 is 35.8 Å². The van der Waals surface area contributed by atoms with Gasteiger partial charge in [-0.1, -0.05) is 18.2 Å². The molecule has 0 aromatic heterocycles. The van der Waals surface area contributed by atoms with Gasteiger partial charge in [0.1, 0.15) is 12.2 Å². The van der Waals surface area contributed by atoms with Crippen LogP contribution in [0.15, 0.2) is 48.5 Å². The molecular formula is C16H12F4N2O2. The zero-order chi connectivity index (χ0) is 17.7. The minimum Gasteiger partial charge on any atom is -0.326 e. The Kier molecular flexibility index (Phi) is 5.18. The number of carbonyl (C=O) groups is 2. The van der Waals surface area contributed by atoms with Crippen LogP contribution in [-0.4, -0.2) is 11.8 Å². The Morgan fingerprint density at radius 2 is 1.58 bits per heavy atom. The summed E-state index contributed by atoms with van der Waals surface area (Å²) in [5.41, 5.74) is -1.10. The minimum absolute atomic E-state index is 0.0885. The van der Waals surface area contributed by atoms with Crippen LogP contribution in [-0.2, 0) is 15.8 Å². The maximum absolute atomic E-state index is 13.4. The number of para-hydroxylation sites is 1. The van der Waals surface area contributed by atoms with Crippen molar-refractivity contribution in [3.63, 3.8) is 0 Å². The first-order valence-electron chi connectivity index (χ1n) is 6.77. The van der Waals surface area contributed by atoms with E-state index in [1.807, 2.05) is 0 Å². The van der Waals surface area contributed by atoms with Crippen LogP contribution in [0.25, 0.3) is 0 Å². The number of alkyl halides is 3. The highest BCUT2D eigenvalue weighted by molar-refractivity contribution is 6.08. The molecule has 2 aromatic rings. The molecule has 2 N–H and O–H groups in total. The Balaban J connectivity index is 1.96. The Morgan fingerprint density at radius 3 is 2.25 bits per heavy atom. The van der Waals surface area contributed by atoms with Crippen LogP contribution >= 0.6 is 0 Å². The number of hydrogen-bond donors (Lipinski definition) is 2. The Bertz CT molecular complexity index is 760. The van der Waals surface area contributed by atoms with E-state index in [0.717, 1.165) is 24.3 Å². The van der Waals surface area contributed by atoms with Crippen LogP contribution in [0.2, 0.25) is 0 Å².